The Morgan fingerprint density at radius 3 is 3.30 bits per heavy atom. The minimum absolute atomic E-state index is 0.805. The Hall–Kier alpha value is -0.760. The third kappa shape index (κ3) is 2.69. The zero-order valence-corrected chi connectivity index (χ0v) is 6.47. The molecule has 1 rings (SSSR count). The lowest BCUT2D eigenvalue weighted by Gasteiger charge is -1.85. The van der Waals surface area contributed by atoms with Crippen molar-refractivity contribution in [1.29, 1.82) is 0 Å². The Morgan fingerprint density at radius 1 is 1.50 bits per heavy atom. The minimum Gasteiger partial charge on any atom is -0.251 e. The highest BCUT2D eigenvalue weighted by atomic mass is 32.2. The highest BCUT2D eigenvalue weighted by molar-refractivity contribution is 8.12. The van der Waals surface area contributed by atoms with Gasteiger partial charge >= 0.3 is 0 Å². The van der Waals surface area contributed by atoms with E-state index in [1.165, 1.54) is 0 Å². The van der Waals surface area contributed by atoms with Gasteiger partial charge in [-0.25, -0.2) is 0 Å². The zero-order valence-electron chi connectivity index (χ0n) is 5.66. The summed E-state index contributed by atoms with van der Waals surface area (Å²) in [5.74, 6) is 0.987. The number of allylic oxidation sites excluding steroid dienone is 3. The molecule has 0 fully saturated rings. The van der Waals surface area contributed by atoms with Crippen molar-refractivity contribution in [3.05, 3.63) is 36.6 Å². The summed E-state index contributed by atoms with van der Waals surface area (Å²) < 4.78 is 0. The van der Waals surface area contributed by atoms with Crippen molar-refractivity contribution in [3.63, 3.8) is 0 Å². The lowest BCUT2D eigenvalue weighted by atomic mass is 10.4. The average molecular weight is 151 g/mol. The Kier molecular flexibility index (Phi) is 3.03. The summed E-state index contributed by atoms with van der Waals surface area (Å²) in [7, 11) is 0. The third-order valence-corrected chi connectivity index (χ3v) is 1.66. The summed E-state index contributed by atoms with van der Waals surface area (Å²) in [4.78, 5) is 4.06. The van der Waals surface area contributed by atoms with Gasteiger partial charge in [0.05, 0.1) is 11.2 Å². The van der Waals surface area contributed by atoms with Gasteiger partial charge < -0.3 is 0 Å². The molecule has 0 spiro atoms. The molecule has 0 amide bonds. The molecule has 0 aromatic carbocycles. The largest absolute Gasteiger partial charge is 0.251 e. The molecular formula is C8H9NS. The molecule has 10 heavy (non-hydrogen) atoms. The molecule has 1 aliphatic rings. The van der Waals surface area contributed by atoms with E-state index >= 15 is 0 Å². The summed E-state index contributed by atoms with van der Waals surface area (Å²) in [6.07, 6.45) is 7.93. The van der Waals surface area contributed by atoms with E-state index in [0.29, 0.717) is 0 Å². The second-order valence-electron chi connectivity index (χ2n) is 1.85. The van der Waals surface area contributed by atoms with E-state index in [0.717, 1.165) is 11.4 Å². The fourth-order valence-electron chi connectivity index (χ4n) is 0.547. The first kappa shape index (κ1) is 7.35. The minimum atomic E-state index is 0.805. The highest BCUT2D eigenvalue weighted by Gasteiger charge is 1.82. The lowest BCUT2D eigenvalue weighted by molar-refractivity contribution is 1.46. The van der Waals surface area contributed by atoms with Crippen molar-refractivity contribution in [2.45, 2.75) is 0 Å². The Bertz CT molecular complexity index is 201. The van der Waals surface area contributed by atoms with Crippen molar-refractivity contribution in [1.82, 2.24) is 0 Å². The summed E-state index contributed by atoms with van der Waals surface area (Å²) in [6, 6.07) is 0. The fraction of sp³-hybridized carbons (Fsp3) is 0.125. The maximum absolute atomic E-state index is 4.06. The normalized spacial score (nSPS) is 24.6. The highest BCUT2D eigenvalue weighted by Crippen LogP contribution is 2.02. The Balaban J connectivity index is 2.64. The SMILES string of the molecule is C=C1/C=C\C=C/CSC=N1. The van der Waals surface area contributed by atoms with E-state index in [1.807, 2.05) is 23.8 Å². The molecule has 0 N–H and O–H groups in total. The van der Waals surface area contributed by atoms with Crippen LogP contribution in [0.4, 0.5) is 0 Å². The molecule has 1 heterocycles. The molecular weight excluding hydrogens is 142 g/mol. The van der Waals surface area contributed by atoms with Crippen LogP contribution in [0.25, 0.3) is 0 Å². The van der Waals surface area contributed by atoms with E-state index < -0.39 is 0 Å². The van der Waals surface area contributed by atoms with Crippen molar-refractivity contribution < 1.29 is 0 Å². The second kappa shape index (κ2) is 4.12. The summed E-state index contributed by atoms with van der Waals surface area (Å²) in [6.45, 7) is 3.73. The second-order valence-corrected chi connectivity index (χ2v) is 2.72. The molecule has 1 nitrogen and oxygen atoms in total. The standard InChI is InChI=1S/C8H9NS/c1-8-5-3-2-4-6-10-7-9-8/h2-5,7H,1,6H2/b4-2-,5-3-,9-7?. The molecule has 2 heteroatoms. The maximum Gasteiger partial charge on any atom is 0.0606 e. The predicted octanol–water partition coefficient (Wildman–Crippen LogP) is 2.39. The van der Waals surface area contributed by atoms with Gasteiger partial charge in [-0.2, -0.15) is 0 Å². The molecule has 0 radical (unpaired) electrons. The Labute approximate surface area is 65.2 Å². The van der Waals surface area contributed by atoms with Gasteiger partial charge in [0.2, 0.25) is 0 Å². The first-order valence-corrected chi connectivity index (χ1v) is 4.11. The molecule has 0 atom stereocenters. The molecule has 52 valence electrons. The average Bonchev–Trinajstić information content (AvgIpc) is 2.02. The van der Waals surface area contributed by atoms with Crippen LogP contribution in [0.5, 0.6) is 0 Å². The number of thioether (sulfide) groups is 1. The van der Waals surface area contributed by atoms with Gasteiger partial charge in [0, 0.05) is 5.75 Å². The van der Waals surface area contributed by atoms with Crippen molar-refractivity contribution >= 4 is 17.3 Å². The van der Waals surface area contributed by atoms with E-state index in [9.17, 15) is 0 Å². The van der Waals surface area contributed by atoms with Crippen LogP contribution in [0.15, 0.2) is 41.6 Å². The molecule has 0 bridgehead atoms. The molecule has 0 unspecified atom stereocenters. The van der Waals surface area contributed by atoms with Gasteiger partial charge in [0.15, 0.2) is 0 Å². The molecule has 0 saturated heterocycles. The number of rotatable bonds is 0. The van der Waals surface area contributed by atoms with Gasteiger partial charge in [-0.3, -0.25) is 4.99 Å². The molecule has 1 aliphatic heterocycles. The van der Waals surface area contributed by atoms with Gasteiger partial charge in [0.1, 0.15) is 0 Å². The van der Waals surface area contributed by atoms with E-state index in [1.54, 1.807) is 11.8 Å². The number of nitrogens with zero attached hydrogens (tertiary/aromatic N) is 1. The molecule has 0 aliphatic carbocycles. The van der Waals surface area contributed by atoms with E-state index in [4.69, 9.17) is 0 Å². The maximum atomic E-state index is 4.06. The summed E-state index contributed by atoms with van der Waals surface area (Å²) in [5.41, 5.74) is 2.63. The topological polar surface area (TPSA) is 12.4 Å². The van der Waals surface area contributed by atoms with Crippen molar-refractivity contribution in [3.8, 4) is 0 Å². The van der Waals surface area contributed by atoms with Gasteiger partial charge in [0.25, 0.3) is 0 Å². The number of hydrogen-bond acceptors (Lipinski definition) is 2. The van der Waals surface area contributed by atoms with Crippen LogP contribution < -0.4 is 0 Å². The molecule has 0 aromatic heterocycles. The van der Waals surface area contributed by atoms with Gasteiger partial charge in [-0.15, -0.1) is 11.8 Å². The van der Waals surface area contributed by atoms with Crippen LogP contribution in [0.3, 0.4) is 0 Å². The Morgan fingerprint density at radius 2 is 2.40 bits per heavy atom. The van der Waals surface area contributed by atoms with Crippen LogP contribution >= 0.6 is 11.8 Å². The number of aliphatic imine (C=N–C) groups is 1. The van der Waals surface area contributed by atoms with Crippen LogP contribution in [0.1, 0.15) is 0 Å². The van der Waals surface area contributed by atoms with Gasteiger partial charge in [-0.1, -0.05) is 24.8 Å². The zero-order chi connectivity index (χ0) is 7.23. The van der Waals surface area contributed by atoms with Crippen LogP contribution in [0, 0.1) is 0 Å². The summed E-state index contributed by atoms with van der Waals surface area (Å²) in [5, 5.41) is 0. The number of hydrogen-bond donors (Lipinski definition) is 0. The van der Waals surface area contributed by atoms with Crippen molar-refractivity contribution in [2.75, 3.05) is 5.75 Å². The van der Waals surface area contributed by atoms with Crippen LogP contribution in [-0.4, -0.2) is 11.3 Å². The third-order valence-electron chi connectivity index (χ3n) is 1.02. The first-order chi connectivity index (χ1) is 4.89. The van der Waals surface area contributed by atoms with Gasteiger partial charge in [-0.05, 0) is 6.08 Å². The van der Waals surface area contributed by atoms with E-state index in [-0.39, 0.29) is 0 Å². The fourth-order valence-corrected chi connectivity index (χ4v) is 1.07. The van der Waals surface area contributed by atoms with E-state index in [2.05, 4.69) is 17.6 Å². The van der Waals surface area contributed by atoms with Crippen LogP contribution in [0.2, 0.25) is 0 Å². The predicted molar refractivity (Wildman–Crippen MR) is 48.4 cm³/mol. The quantitative estimate of drug-likeness (QED) is 0.518. The first-order valence-electron chi connectivity index (χ1n) is 3.06. The monoisotopic (exact) mass is 151 g/mol. The lowest BCUT2D eigenvalue weighted by Crippen LogP contribution is -1.69. The van der Waals surface area contributed by atoms with Crippen LogP contribution in [-0.2, 0) is 0 Å². The molecule has 0 aromatic rings. The smallest absolute Gasteiger partial charge is 0.0606 e. The summed E-state index contributed by atoms with van der Waals surface area (Å²) >= 11 is 1.67. The molecule has 0 saturated carbocycles. The van der Waals surface area contributed by atoms with Crippen molar-refractivity contribution in [2.24, 2.45) is 4.99 Å².